The number of carbonyl (C=O) groups excluding carboxylic acids is 1. The summed E-state index contributed by atoms with van der Waals surface area (Å²) in [5, 5.41) is 6.80. The van der Waals surface area contributed by atoms with Gasteiger partial charge in [0.05, 0.1) is 23.5 Å². The van der Waals surface area contributed by atoms with E-state index in [0.717, 1.165) is 5.56 Å². The maximum atomic E-state index is 12.2. The summed E-state index contributed by atoms with van der Waals surface area (Å²) in [6, 6.07) is 3.53. The second-order valence-electron chi connectivity index (χ2n) is 4.17. The molecule has 0 aliphatic rings. The Morgan fingerprint density at radius 1 is 1.30 bits per heavy atom. The highest BCUT2D eigenvalue weighted by atomic mass is 16.1. The zero-order chi connectivity index (χ0) is 13.9. The smallest absolute Gasteiger partial charge is 0.260 e. The van der Waals surface area contributed by atoms with Crippen LogP contribution in [0.2, 0.25) is 0 Å². The summed E-state index contributed by atoms with van der Waals surface area (Å²) in [5.74, 6) is 0.191. The molecule has 20 heavy (non-hydrogen) atoms. The zero-order valence-corrected chi connectivity index (χ0v) is 10.5. The number of nitrogens with two attached hydrogens (primary N) is 1. The summed E-state index contributed by atoms with van der Waals surface area (Å²) in [4.78, 5) is 20.3. The number of nitrogens with zero attached hydrogens (tertiary/aromatic N) is 4. The van der Waals surface area contributed by atoms with Crippen LogP contribution in [0.5, 0.6) is 0 Å². The molecular formula is C13H12N6O. The van der Waals surface area contributed by atoms with E-state index in [0.29, 0.717) is 23.4 Å². The van der Waals surface area contributed by atoms with E-state index in [9.17, 15) is 4.79 Å². The molecule has 1 amide bonds. The highest BCUT2D eigenvalue weighted by molar-refractivity contribution is 6.08. The van der Waals surface area contributed by atoms with Gasteiger partial charge in [-0.2, -0.15) is 5.10 Å². The molecule has 7 nitrogen and oxygen atoms in total. The lowest BCUT2D eigenvalue weighted by atomic mass is 10.2. The molecule has 0 aromatic carbocycles. The van der Waals surface area contributed by atoms with Gasteiger partial charge < -0.3 is 11.1 Å². The molecule has 3 N–H and O–H groups in total. The molecule has 0 radical (unpaired) electrons. The topological polar surface area (TPSA) is 98.2 Å². The van der Waals surface area contributed by atoms with Crippen molar-refractivity contribution in [3.05, 3.63) is 54.2 Å². The van der Waals surface area contributed by atoms with Crippen molar-refractivity contribution in [3.8, 4) is 0 Å². The number of rotatable bonds is 3. The maximum Gasteiger partial charge on any atom is 0.260 e. The zero-order valence-electron chi connectivity index (χ0n) is 10.5. The lowest BCUT2D eigenvalue weighted by Crippen LogP contribution is -2.13. The van der Waals surface area contributed by atoms with Gasteiger partial charge in [0.1, 0.15) is 5.82 Å². The molecule has 0 fully saturated rings. The van der Waals surface area contributed by atoms with Crippen molar-refractivity contribution < 1.29 is 4.79 Å². The number of fused-ring (bicyclic) bond motifs is 1. The van der Waals surface area contributed by atoms with E-state index in [4.69, 9.17) is 5.73 Å². The van der Waals surface area contributed by atoms with Crippen LogP contribution in [0.15, 0.2) is 43.1 Å². The Hall–Kier alpha value is -2.80. The van der Waals surface area contributed by atoms with Gasteiger partial charge in [0.15, 0.2) is 0 Å². The van der Waals surface area contributed by atoms with Gasteiger partial charge in [-0.25, -0.2) is 9.50 Å². The van der Waals surface area contributed by atoms with Crippen molar-refractivity contribution in [1.82, 2.24) is 19.6 Å². The molecule has 0 spiro atoms. The minimum Gasteiger partial charge on any atom is -0.326 e. The van der Waals surface area contributed by atoms with Gasteiger partial charge in [-0.15, -0.1) is 0 Å². The number of hydrogen-bond donors (Lipinski definition) is 2. The van der Waals surface area contributed by atoms with Crippen molar-refractivity contribution in [3.63, 3.8) is 0 Å². The number of anilines is 1. The first-order valence-corrected chi connectivity index (χ1v) is 6.01. The van der Waals surface area contributed by atoms with Crippen molar-refractivity contribution in [2.75, 3.05) is 5.32 Å². The third kappa shape index (κ3) is 2.21. The van der Waals surface area contributed by atoms with E-state index < -0.39 is 0 Å². The second-order valence-corrected chi connectivity index (χ2v) is 4.17. The van der Waals surface area contributed by atoms with E-state index in [2.05, 4.69) is 20.4 Å². The number of carbonyl (C=O) groups is 1. The summed E-state index contributed by atoms with van der Waals surface area (Å²) < 4.78 is 1.59. The lowest BCUT2D eigenvalue weighted by Gasteiger charge is -2.03. The molecule has 3 aromatic heterocycles. The molecule has 3 rings (SSSR count). The monoisotopic (exact) mass is 268 g/mol. The fourth-order valence-electron chi connectivity index (χ4n) is 1.81. The van der Waals surface area contributed by atoms with Gasteiger partial charge in [-0.05, 0) is 11.6 Å². The number of hydrogen-bond acceptors (Lipinski definition) is 5. The quantitative estimate of drug-likeness (QED) is 0.733. The molecule has 3 heterocycles. The van der Waals surface area contributed by atoms with Gasteiger partial charge in [0.25, 0.3) is 5.91 Å². The molecule has 100 valence electrons. The Morgan fingerprint density at radius 2 is 2.20 bits per heavy atom. The first-order valence-electron chi connectivity index (χ1n) is 6.01. The van der Waals surface area contributed by atoms with Crippen LogP contribution in [-0.4, -0.2) is 25.5 Å². The number of pyridine rings is 1. The lowest BCUT2D eigenvalue weighted by molar-refractivity contribution is 0.102. The summed E-state index contributed by atoms with van der Waals surface area (Å²) >= 11 is 0. The number of nitrogens with one attached hydrogen (secondary N) is 1. The Morgan fingerprint density at radius 3 is 2.95 bits per heavy atom. The molecule has 0 aliphatic heterocycles. The Balaban J connectivity index is 1.85. The highest BCUT2D eigenvalue weighted by Gasteiger charge is 2.13. The van der Waals surface area contributed by atoms with Crippen LogP contribution >= 0.6 is 0 Å². The molecule has 0 aliphatic carbocycles. The van der Waals surface area contributed by atoms with E-state index in [1.807, 2.05) is 6.07 Å². The SMILES string of the molecule is NCc1ccc(NC(=O)c2cnn3ccncc23)nc1. The molecular weight excluding hydrogens is 256 g/mol. The molecule has 0 atom stereocenters. The summed E-state index contributed by atoms with van der Waals surface area (Å²) in [6.45, 7) is 0.418. The van der Waals surface area contributed by atoms with Gasteiger partial charge in [-0.1, -0.05) is 6.07 Å². The Labute approximate surface area is 114 Å². The first kappa shape index (κ1) is 12.2. The molecule has 7 heteroatoms. The van der Waals surface area contributed by atoms with Crippen LogP contribution in [0.4, 0.5) is 5.82 Å². The maximum absolute atomic E-state index is 12.2. The molecule has 0 bridgehead atoms. The molecule has 0 saturated heterocycles. The van der Waals surface area contributed by atoms with E-state index in [1.165, 1.54) is 6.20 Å². The normalized spacial score (nSPS) is 10.7. The fraction of sp³-hybridized carbons (Fsp3) is 0.0769. The highest BCUT2D eigenvalue weighted by Crippen LogP contribution is 2.12. The predicted octanol–water partition coefficient (Wildman–Crippen LogP) is 0.835. The third-order valence-corrected chi connectivity index (χ3v) is 2.87. The van der Waals surface area contributed by atoms with Crippen molar-refractivity contribution in [2.24, 2.45) is 5.73 Å². The van der Waals surface area contributed by atoms with Gasteiger partial charge in [0.2, 0.25) is 0 Å². The van der Waals surface area contributed by atoms with Gasteiger partial charge in [-0.3, -0.25) is 9.78 Å². The summed E-state index contributed by atoms with van der Waals surface area (Å²) in [6.07, 6.45) is 8.01. The summed E-state index contributed by atoms with van der Waals surface area (Å²) in [5.41, 5.74) is 7.49. The van der Waals surface area contributed by atoms with Crippen LogP contribution in [-0.2, 0) is 6.54 Å². The summed E-state index contributed by atoms with van der Waals surface area (Å²) in [7, 11) is 0. The standard InChI is InChI=1S/C13H12N6O/c14-5-9-1-2-12(16-6-9)18-13(20)10-7-17-19-4-3-15-8-11(10)19/h1-4,6-8H,5,14H2,(H,16,18,20). The van der Waals surface area contributed by atoms with Crippen LogP contribution < -0.4 is 11.1 Å². The average molecular weight is 268 g/mol. The van der Waals surface area contributed by atoms with Gasteiger partial charge >= 0.3 is 0 Å². The van der Waals surface area contributed by atoms with E-state index in [1.54, 1.807) is 35.4 Å². The molecule has 0 saturated carbocycles. The van der Waals surface area contributed by atoms with Crippen molar-refractivity contribution in [2.45, 2.75) is 6.54 Å². The fourth-order valence-corrected chi connectivity index (χ4v) is 1.81. The van der Waals surface area contributed by atoms with E-state index >= 15 is 0 Å². The third-order valence-electron chi connectivity index (χ3n) is 2.87. The van der Waals surface area contributed by atoms with Crippen LogP contribution in [0.25, 0.3) is 5.52 Å². The van der Waals surface area contributed by atoms with Crippen LogP contribution in [0.3, 0.4) is 0 Å². The number of aromatic nitrogens is 4. The van der Waals surface area contributed by atoms with E-state index in [-0.39, 0.29) is 5.91 Å². The van der Waals surface area contributed by atoms with Gasteiger partial charge in [0, 0.05) is 25.1 Å². The molecule has 3 aromatic rings. The first-order chi connectivity index (χ1) is 9.78. The van der Waals surface area contributed by atoms with Crippen molar-refractivity contribution >= 4 is 17.2 Å². The van der Waals surface area contributed by atoms with Crippen LogP contribution in [0.1, 0.15) is 15.9 Å². The minimum absolute atomic E-state index is 0.277. The average Bonchev–Trinajstić information content (AvgIpc) is 2.92. The Kier molecular flexibility index (Phi) is 3.10. The second kappa shape index (κ2) is 5.06. The molecule has 0 unspecified atom stereocenters. The minimum atomic E-state index is -0.277. The van der Waals surface area contributed by atoms with Crippen molar-refractivity contribution in [1.29, 1.82) is 0 Å². The Bertz CT molecular complexity index is 749. The number of amides is 1. The largest absolute Gasteiger partial charge is 0.326 e. The predicted molar refractivity (Wildman–Crippen MR) is 73.1 cm³/mol. The van der Waals surface area contributed by atoms with Crippen LogP contribution in [0, 0.1) is 0 Å².